The molecule has 0 saturated carbocycles. The van der Waals surface area contributed by atoms with Crippen LogP contribution in [0.2, 0.25) is 5.54 Å². The van der Waals surface area contributed by atoms with E-state index in [9.17, 15) is 0 Å². The molecule has 0 radical (unpaired) electrons. The van der Waals surface area contributed by atoms with Gasteiger partial charge in [0, 0.05) is 32.3 Å². The van der Waals surface area contributed by atoms with Crippen LogP contribution in [-0.2, 0) is 15.4 Å². The summed E-state index contributed by atoms with van der Waals surface area (Å²) in [5, 5.41) is 3.62. The van der Waals surface area contributed by atoms with Crippen molar-refractivity contribution in [2.45, 2.75) is 37.9 Å². The Labute approximate surface area is 136 Å². The molecule has 0 bridgehead atoms. The fraction of sp³-hybridized carbons (Fsp3) is 0.529. The van der Waals surface area contributed by atoms with Gasteiger partial charge in [-0.3, -0.25) is 0 Å². The second-order valence-electron chi connectivity index (χ2n) is 5.51. The molecule has 3 N–H and O–H groups in total. The van der Waals surface area contributed by atoms with Crippen molar-refractivity contribution in [1.29, 1.82) is 0 Å². The first-order chi connectivity index (χ1) is 10.7. The van der Waals surface area contributed by atoms with Gasteiger partial charge in [-0.05, 0) is 37.4 Å². The highest BCUT2D eigenvalue weighted by molar-refractivity contribution is 6.46. The van der Waals surface area contributed by atoms with Gasteiger partial charge in [-0.25, -0.2) is 0 Å². The molecule has 0 saturated heterocycles. The molecule has 0 aliphatic carbocycles. The molecule has 1 aromatic rings. The molecule has 0 aromatic heterocycles. The minimum Gasteiger partial charge on any atom is -0.400 e. The summed E-state index contributed by atoms with van der Waals surface area (Å²) in [4.78, 5) is 0. The Hall–Kier alpha value is -0.983. The molecule has 4 nitrogen and oxygen atoms in total. The largest absolute Gasteiger partial charge is 0.400 e. The van der Waals surface area contributed by atoms with E-state index in [1.807, 2.05) is 12.1 Å². The third-order valence-corrected chi connectivity index (χ3v) is 6.63. The molecule has 0 fully saturated rings. The molecule has 124 valence electrons. The van der Waals surface area contributed by atoms with E-state index in [0.29, 0.717) is 18.1 Å². The van der Waals surface area contributed by atoms with Crippen LogP contribution in [0.4, 0.5) is 0 Å². The first-order valence-electron chi connectivity index (χ1n) is 7.87. The van der Waals surface area contributed by atoms with Gasteiger partial charge in [0.1, 0.15) is 0 Å². The molecule has 0 amide bonds. The molecular formula is C17H30N2O2Si. The Morgan fingerprint density at radius 3 is 2.59 bits per heavy atom. The van der Waals surface area contributed by atoms with E-state index >= 15 is 0 Å². The summed E-state index contributed by atoms with van der Waals surface area (Å²) in [6.07, 6.45) is 3.93. The second-order valence-corrected chi connectivity index (χ2v) is 8.04. The molecule has 1 aromatic carbocycles. The van der Waals surface area contributed by atoms with E-state index in [2.05, 4.69) is 37.0 Å². The Bertz CT molecular complexity index is 438. The lowest BCUT2D eigenvalue weighted by molar-refractivity contribution is 0.250. The van der Waals surface area contributed by atoms with Crippen LogP contribution in [0.15, 0.2) is 30.8 Å². The van der Waals surface area contributed by atoms with E-state index in [-0.39, 0.29) is 0 Å². The van der Waals surface area contributed by atoms with E-state index < -0.39 is 9.28 Å². The third kappa shape index (κ3) is 5.66. The fourth-order valence-electron chi connectivity index (χ4n) is 2.74. The van der Waals surface area contributed by atoms with Gasteiger partial charge in [-0.1, -0.05) is 36.9 Å². The topological polar surface area (TPSA) is 56.5 Å². The summed E-state index contributed by atoms with van der Waals surface area (Å²) < 4.78 is 11.2. The average molecular weight is 323 g/mol. The normalized spacial score (nSPS) is 14.0. The number of benzene rings is 1. The van der Waals surface area contributed by atoms with Crippen molar-refractivity contribution in [2.24, 2.45) is 5.73 Å². The van der Waals surface area contributed by atoms with Gasteiger partial charge in [0.25, 0.3) is 0 Å². The smallest absolute Gasteiger partial charge is 0.325 e. The first kappa shape index (κ1) is 19.1. The van der Waals surface area contributed by atoms with Crippen molar-refractivity contribution in [3.8, 4) is 0 Å². The first-order valence-corrected chi connectivity index (χ1v) is 9.48. The lowest BCUT2D eigenvalue weighted by atomic mass is 10.1. The number of hydrogen-bond donors (Lipinski definition) is 2. The predicted molar refractivity (Wildman–Crippen MR) is 96.0 cm³/mol. The maximum Gasteiger partial charge on any atom is 0.325 e. The van der Waals surface area contributed by atoms with Crippen molar-refractivity contribution in [3.63, 3.8) is 0 Å². The number of rotatable bonds is 11. The van der Waals surface area contributed by atoms with Gasteiger partial charge in [0.05, 0.1) is 0 Å². The van der Waals surface area contributed by atoms with Crippen LogP contribution >= 0.6 is 0 Å². The highest BCUT2D eigenvalue weighted by Crippen LogP contribution is 2.23. The second kappa shape index (κ2) is 10.7. The Balaban J connectivity index is 2.69. The van der Waals surface area contributed by atoms with Crippen LogP contribution in [-0.4, -0.2) is 36.1 Å². The Morgan fingerprint density at radius 1 is 1.32 bits per heavy atom. The van der Waals surface area contributed by atoms with Crippen molar-refractivity contribution in [1.82, 2.24) is 5.32 Å². The van der Waals surface area contributed by atoms with Gasteiger partial charge in [-0.2, -0.15) is 0 Å². The zero-order valence-corrected chi connectivity index (χ0v) is 15.2. The highest BCUT2D eigenvalue weighted by atomic mass is 28.3. The van der Waals surface area contributed by atoms with Crippen molar-refractivity contribution in [3.05, 3.63) is 42.0 Å². The molecule has 0 aliphatic rings. The lowest BCUT2D eigenvalue weighted by Crippen LogP contribution is -2.40. The lowest BCUT2D eigenvalue weighted by Gasteiger charge is -2.29. The van der Waals surface area contributed by atoms with E-state index in [4.69, 9.17) is 14.6 Å². The highest BCUT2D eigenvalue weighted by Gasteiger charge is 2.29. The molecule has 5 heteroatoms. The van der Waals surface area contributed by atoms with E-state index in [1.165, 1.54) is 11.1 Å². The predicted octanol–water partition coefficient (Wildman–Crippen LogP) is 2.43. The number of nitrogens with two attached hydrogens (primary N) is 1. The molecule has 2 unspecified atom stereocenters. The SMILES string of the molecule is C=Cc1ccccc1CNC(C)C(CCCN)[SiH](OC)OC. The van der Waals surface area contributed by atoms with Crippen LogP contribution in [0.25, 0.3) is 6.08 Å². The minimum atomic E-state index is -1.68. The Morgan fingerprint density at radius 2 is 2.00 bits per heavy atom. The van der Waals surface area contributed by atoms with Crippen LogP contribution in [0.5, 0.6) is 0 Å². The van der Waals surface area contributed by atoms with Crippen molar-refractivity contribution < 1.29 is 8.85 Å². The maximum absolute atomic E-state index is 5.67. The molecule has 0 aliphatic heterocycles. The summed E-state index contributed by atoms with van der Waals surface area (Å²) in [5.41, 5.74) is 8.50. The summed E-state index contributed by atoms with van der Waals surface area (Å²) in [5.74, 6) is 0. The molecule has 1 rings (SSSR count). The molecule has 22 heavy (non-hydrogen) atoms. The number of hydrogen-bond acceptors (Lipinski definition) is 4. The summed E-state index contributed by atoms with van der Waals surface area (Å²) in [7, 11) is 1.81. The Kier molecular flexibility index (Phi) is 9.27. The van der Waals surface area contributed by atoms with Crippen LogP contribution in [0.1, 0.15) is 30.9 Å². The van der Waals surface area contributed by atoms with Gasteiger partial charge in [-0.15, -0.1) is 0 Å². The molecule has 2 atom stereocenters. The minimum absolute atomic E-state index is 0.320. The van der Waals surface area contributed by atoms with E-state index in [1.54, 1.807) is 14.2 Å². The average Bonchev–Trinajstić information content (AvgIpc) is 2.56. The van der Waals surface area contributed by atoms with E-state index in [0.717, 1.165) is 19.4 Å². The standard InChI is InChI=1S/C17H30N2O2Si/c1-5-15-9-6-7-10-16(15)13-19-14(2)17(11-8-12-18)22(20-3)21-4/h5-7,9-10,14,17,19,22H,1,8,11-13,18H2,2-4H3. The summed E-state index contributed by atoms with van der Waals surface area (Å²) >= 11 is 0. The molecule has 0 heterocycles. The van der Waals surface area contributed by atoms with Gasteiger partial charge in [0.15, 0.2) is 0 Å². The monoisotopic (exact) mass is 322 g/mol. The zero-order chi connectivity index (χ0) is 16.4. The zero-order valence-electron chi connectivity index (χ0n) is 14.0. The molecule has 0 spiro atoms. The van der Waals surface area contributed by atoms with Gasteiger partial charge in [0.2, 0.25) is 0 Å². The number of nitrogens with one attached hydrogen (secondary N) is 1. The fourth-order valence-corrected chi connectivity index (χ4v) is 4.74. The van der Waals surface area contributed by atoms with Crippen LogP contribution in [0, 0.1) is 0 Å². The molecular weight excluding hydrogens is 292 g/mol. The third-order valence-electron chi connectivity index (χ3n) is 4.09. The maximum atomic E-state index is 5.67. The van der Waals surface area contributed by atoms with Gasteiger partial charge < -0.3 is 19.9 Å². The van der Waals surface area contributed by atoms with Crippen LogP contribution in [0.3, 0.4) is 0 Å². The van der Waals surface area contributed by atoms with Crippen LogP contribution < -0.4 is 11.1 Å². The summed E-state index contributed by atoms with van der Waals surface area (Å²) in [6, 6.07) is 8.63. The van der Waals surface area contributed by atoms with Crippen molar-refractivity contribution in [2.75, 3.05) is 20.8 Å². The van der Waals surface area contributed by atoms with Gasteiger partial charge >= 0.3 is 9.28 Å². The quantitative estimate of drug-likeness (QED) is 0.614. The van der Waals surface area contributed by atoms with Crippen molar-refractivity contribution >= 4 is 15.4 Å². The summed E-state index contributed by atoms with van der Waals surface area (Å²) in [6.45, 7) is 7.60.